The Morgan fingerprint density at radius 3 is 2.74 bits per heavy atom. The number of amides is 1. The van der Waals surface area contributed by atoms with E-state index in [9.17, 15) is 4.79 Å². The van der Waals surface area contributed by atoms with E-state index < -0.39 is 0 Å². The molecule has 2 rings (SSSR count). The van der Waals surface area contributed by atoms with Gasteiger partial charge in [-0.3, -0.25) is 4.79 Å². The van der Waals surface area contributed by atoms with E-state index in [2.05, 4.69) is 15.3 Å². The highest BCUT2D eigenvalue weighted by Crippen LogP contribution is 2.28. The van der Waals surface area contributed by atoms with Crippen molar-refractivity contribution in [3.63, 3.8) is 0 Å². The summed E-state index contributed by atoms with van der Waals surface area (Å²) in [6.07, 6.45) is 0. The lowest BCUT2D eigenvalue weighted by atomic mass is 10.1. The molecule has 1 aromatic carbocycles. The summed E-state index contributed by atoms with van der Waals surface area (Å²) >= 11 is 0. The van der Waals surface area contributed by atoms with E-state index in [-0.39, 0.29) is 17.5 Å². The lowest BCUT2D eigenvalue weighted by Crippen LogP contribution is -2.20. The molecule has 0 spiro atoms. The van der Waals surface area contributed by atoms with Crippen molar-refractivity contribution in [3.8, 4) is 17.0 Å². The number of carbonyl (C=O) groups is 1. The zero-order valence-corrected chi connectivity index (χ0v) is 10.7. The van der Waals surface area contributed by atoms with Crippen LogP contribution in [-0.2, 0) is 0 Å². The van der Waals surface area contributed by atoms with Crippen LogP contribution in [0.3, 0.4) is 0 Å². The minimum atomic E-state index is -0.315. The lowest BCUT2D eigenvalue weighted by Gasteiger charge is -2.09. The molecular weight excluding hydrogens is 244 g/mol. The van der Waals surface area contributed by atoms with Gasteiger partial charge in [0.05, 0.1) is 12.8 Å². The van der Waals surface area contributed by atoms with Crippen LogP contribution < -0.4 is 15.8 Å². The average Bonchev–Trinajstić information content (AvgIpc) is 2.45. The first-order chi connectivity index (χ1) is 9.15. The Hall–Kier alpha value is -2.63. The van der Waals surface area contributed by atoms with Crippen molar-refractivity contribution in [3.05, 3.63) is 36.0 Å². The molecule has 2 aromatic rings. The Morgan fingerprint density at radius 1 is 1.32 bits per heavy atom. The summed E-state index contributed by atoms with van der Waals surface area (Å²) in [4.78, 5) is 19.7. The largest absolute Gasteiger partial charge is 0.496 e. The monoisotopic (exact) mass is 258 g/mol. The second-order valence-electron chi connectivity index (χ2n) is 3.78. The number of nitrogens with two attached hydrogens (primary N) is 1. The molecule has 1 heterocycles. The van der Waals surface area contributed by atoms with Gasteiger partial charge >= 0.3 is 0 Å². The standard InChI is InChI=1S/C13H14N4O2/c1-15-12(18)10-7-9(16-13(14)17-10)8-5-3-4-6-11(8)19-2/h3-7H,1-2H3,(H,15,18)(H2,14,16,17). The number of carbonyl (C=O) groups excluding carboxylic acids is 1. The molecule has 1 aromatic heterocycles. The minimum absolute atomic E-state index is 0.0435. The van der Waals surface area contributed by atoms with Crippen LogP contribution in [0, 0.1) is 0 Å². The van der Waals surface area contributed by atoms with Gasteiger partial charge in [0.1, 0.15) is 11.4 Å². The van der Waals surface area contributed by atoms with Gasteiger partial charge in [-0.25, -0.2) is 9.97 Å². The van der Waals surface area contributed by atoms with Gasteiger partial charge in [0.15, 0.2) is 0 Å². The predicted molar refractivity (Wildman–Crippen MR) is 71.8 cm³/mol. The number of rotatable bonds is 3. The lowest BCUT2D eigenvalue weighted by molar-refractivity contribution is 0.0958. The number of nitrogens with one attached hydrogen (secondary N) is 1. The van der Waals surface area contributed by atoms with Gasteiger partial charge in [-0.15, -0.1) is 0 Å². The summed E-state index contributed by atoms with van der Waals surface area (Å²) in [5, 5.41) is 2.50. The molecule has 0 aliphatic heterocycles. The molecule has 0 aliphatic rings. The van der Waals surface area contributed by atoms with Gasteiger partial charge in [-0.2, -0.15) is 0 Å². The molecule has 98 valence electrons. The van der Waals surface area contributed by atoms with Crippen LogP contribution in [0.5, 0.6) is 5.75 Å². The first-order valence-electron chi connectivity index (χ1n) is 5.65. The maximum absolute atomic E-state index is 11.6. The fourth-order valence-electron chi connectivity index (χ4n) is 1.70. The van der Waals surface area contributed by atoms with E-state index in [1.165, 1.54) is 7.05 Å². The number of para-hydroxylation sites is 1. The molecular formula is C13H14N4O2. The highest BCUT2D eigenvalue weighted by atomic mass is 16.5. The smallest absolute Gasteiger partial charge is 0.269 e. The third-order valence-electron chi connectivity index (χ3n) is 2.59. The van der Waals surface area contributed by atoms with Crippen LogP contribution >= 0.6 is 0 Å². The Labute approximate surface area is 110 Å². The zero-order valence-electron chi connectivity index (χ0n) is 10.7. The van der Waals surface area contributed by atoms with E-state index in [4.69, 9.17) is 10.5 Å². The highest BCUT2D eigenvalue weighted by molar-refractivity contribution is 5.93. The number of anilines is 1. The number of nitrogen functional groups attached to an aromatic ring is 1. The number of hydrogen-bond donors (Lipinski definition) is 2. The topological polar surface area (TPSA) is 90.1 Å². The van der Waals surface area contributed by atoms with Gasteiger partial charge in [0, 0.05) is 12.6 Å². The van der Waals surface area contributed by atoms with Crippen molar-refractivity contribution in [1.29, 1.82) is 0 Å². The van der Waals surface area contributed by atoms with E-state index in [0.717, 1.165) is 5.56 Å². The van der Waals surface area contributed by atoms with Gasteiger partial charge in [0.25, 0.3) is 5.91 Å². The van der Waals surface area contributed by atoms with Crippen LogP contribution in [0.15, 0.2) is 30.3 Å². The first kappa shape index (κ1) is 12.8. The van der Waals surface area contributed by atoms with Crippen molar-refractivity contribution >= 4 is 11.9 Å². The van der Waals surface area contributed by atoms with Crippen LogP contribution in [0.2, 0.25) is 0 Å². The summed E-state index contributed by atoms with van der Waals surface area (Å²) in [6.45, 7) is 0. The van der Waals surface area contributed by atoms with Gasteiger partial charge < -0.3 is 15.8 Å². The average molecular weight is 258 g/mol. The number of methoxy groups -OCH3 is 1. The normalized spacial score (nSPS) is 10.0. The Bertz CT molecular complexity index is 613. The predicted octanol–water partition coefficient (Wildman–Crippen LogP) is 1.09. The molecule has 0 unspecified atom stereocenters. The maximum Gasteiger partial charge on any atom is 0.269 e. The molecule has 6 heteroatoms. The van der Waals surface area contributed by atoms with E-state index >= 15 is 0 Å². The first-order valence-corrected chi connectivity index (χ1v) is 5.65. The quantitative estimate of drug-likeness (QED) is 0.860. The van der Waals surface area contributed by atoms with Gasteiger partial charge in [0.2, 0.25) is 5.95 Å². The second-order valence-corrected chi connectivity index (χ2v) is 3.78. The van der Waals surface area contributed by atoms with Crippen LogP contribution in [-0.4, -0.2) is 30.0 Å². The fourth-order valence-corrected chi connectivity index (χ4v) is 1.70. The molecule has 1 amide bonds. The van der Waals surface area contributed by atoms with Crippen LogP contribution in [0.1, 0.15) is 10.5 Å². The summed E-state index contributed by atoms with van der Waals surface area (Å²) in [7, 11) is 3.10. The number of hydrogen-bond acceptors (Lipinski definition) is 5. The molecule has 0 fully saturated rings. The van der Waals surface area contributed by atoms with E-state index in [1.807, 2.05) is 24.3 Å². The van der Waals surface area contributed by atoms with Crippen molar-refractivity contribution < 1.29 is 9.53 Å². The molecule has 0 radical (unpaired) electrons. The number of benzene rings is 1. The summed E-state index contributed by atoms with van der Waals surface area (Å²) < 4.78 is 5.26. The molecule has 19 heavy (non-hydrogen) atoms. The van der Waals surface area contributed by atoms with Crippen molar-refractivity contribution in [2.75, 3.05) is 19.9 Å². The van der Waals surface area contributed by atoms with Gasteiger partial charge in [-0.1, -0.05) is 12.1 Å². The summed E-state index contributed by atoms with van der Waals surface area (Å²) in [6, 6.07) is 8.94. The fraction of sp³-hybridized carbons (Fsp3) is 0.154. The zero-order chi connectivity index (χ0) is 13.8. The molecule has 0 saturated carbocycles. The maximum atomic E-state index is 11.6. The highest BCUT2D eigenvalue weighted by Gasteiger charge is 2.12. The molecule has 0 saturated heterocycles. The SMILES string of the molecule is CNC(=O)c1cc(-c2ccccc2OC)nc(N)n1. The number of aromatic nitrogens is 2. The van der Waals surface area contributed by atoms with E-state index in [0.29, 0.717) is 11.4 Å². The van der Waals surface area contributed by atoms with Crippen LogP contribution in [0.4, 0.5) is 5.95 Å². The Kier molecular flexibility index (Phi) is 3.61. The molecule has 0 aliphatic carbocycles. The van der Waals surface area contributed by atoms with Crippen molar-refractivity contribution in [1.82, 2.24) is 15.3 Å². The molecule has 6 nitrogen and oxygen atoms in total. The summed E-state index contributed by atoms with van der Waals surface area (Å²) in [5.41, 5.74) is 7.16. The second kappa shape index (κ2) is 5.34. The Balaban J connectivity index is 2.56. The minimum Gasteiger partial charge on any atom is -0.496 e. The summed E-state index contributed by atoms with van der Waals surface area (Å²) in [5.74, 6) is 0.385. The van der Waals surface area contributed by atoms with Crippen molar-refractivity contribution in [2.45, 2.75) is 0 Å². The Morgan fingerprint density at radius 2 is 2.05 bits per heavy atom. The third kappa shape index (κ3) is 2.62. The van der Waals surface area contributed by atoms with Gasteiger partial charge in [-0.05, 0) is 18.2 Å². The van der Waals surface area contributed by atoms with E-state index in [1.54, 1.807) is 13.2 Å². The number of ether oxygens (including phenoxy) is 1. The number of nitrogens with zero attached hydrogens (tertiary/aromatic N) is 2. The molecule has 0 atom stereocenters. The third-order valence-corrected chi connectivity index (χ3v) is 2.59. The molecule has 0 bridgehead atoms. The van der Waals surface area contributed by atoms with Crippen LogP contribution in [0.25, 0.3) is 11.3 Å². The molecule has 3 N–H and O–H groups in total. The van der Waals surface area contributed by atoms with Crippen molar-refractivity contribution in [2.24, 2.45) is 0 Å².